The quantitative estimate of drug-likeness (QED) is 0.776. The molecule has 1 saturated heterocycles. The Morgan fingerprint density at radius 3 is 2.39 bits per heavy atom. The molecule has 28 heavy (non-hydrogen) atoms. The predicted molar refractivity (Wildman–Crippen MR) is 108 cm³/mol. The van der Waals surface area contributed by atoms with Crippen LogP contribution < -0.4 is 14.8 Å². The summed E-state index contributed by atoms with van der Waals surface area (Å²) in [6.45, 7) is 1.54. The van der Waals surface area contributed by atoms with Crippen molar-refractivity contribution in [2.75, 3.05) is 32.1 Å². The first kappa shape index (κ1) is 20.2. The van der Waals surface area contributed by atoms with Crippen molar-refractivity contribution in [3.8, 4) is 5.75 Å². The zero-order valence-electron chi connectivity index (χ0n) is 15.8. The van der Waals surface area contributed by atoms with Gasteiger partial charge >= 0.3 is 6.03 Å². The topological polar surface area (TPSA) is 87.7 Å². The molecular weight excluding hydrogens is 378 g/mol. The van der Waals surface area contributed by atoms with Gasteiger partial charge in [-0.3, -0.25) is 0 Å². The van der Waals surface area contributed by atoms with Gasteiger partial charge in [0, 0.05) is 19.6 Å². The van der Waals surface area contributed by atoms with Gasteiger partial charge < -0.3 is 15.0 Å². The molecule has 0 saturated carbocycles. The fourth-order valence-electron chi connectivity index (χ4n) is 3.19. The smallest absolute Gasteiger partial charge is 0.321 e. The Hall–Kier alpha value is -2.58. The first-order valence-corrected chi connectivity index (χ1v) is 10.7. The van der Waals surface area contributed by atoms with Crippen LogP contribution in [-0.4, -0.2) is 46.1 Å². The minimum Gasteiger partial charge on any atom is -0.495 e. The Bertz CT molecular complexity index is 895. The van der Waals surface area contributed by atoms with Gasteiger partial charge in [0.05, 0.1) is 17.7 Å². The molecule has 0 spiro atoms. The number of hydrogen-bond acceptors (Lipinski definition) is 4. The summed E-state index contributed by atoms with van der Waals surface area (Å²) in [5.74, 6) is 0.815. The summed E-state index contributed by atoms with van der Waals surface area (Å²) < 4.78 is 32.6. The van der Waals surface area contributed by atoms with Gasteiger partial charge in [0.2, 0.25) is 10.0 Å². The van der Waals surface area contributed by atoms with Crippen molar-refractivity contribution in [1.29, 1.82) is 0 Å². The van der Waals surface area contributed by atoms with E-state index in [-0.39, 0.29) is 16.8 Å². The molecule has 0 aliphatic carbocycles. The van der Waals surface area contributed by atoms with E-state index in [4.69, 9.17) is 4.74 Å². The van der Waals surface area contributed by atoms with Crippen LogP contribution in [0.1, 0.15) is 12.8 Å². The number of nitrogens with one attached hydrogen (secondary N) is 2. The van der Waals surface area contributed by atoms with Crippen LogP contribution in [0, 0.1) is 5.92 Å². The van der Waals surface area contributed by atoms with E-state index >= 15 is 0 Å². The Morgan fingerprint density at radius 2 is 1.71 bits per heavy atom. The number of likely N-dealkylation sites (tertiary alicyclic amines) is 1. The molecule has 8 heteroatoms. The van der Waals surface area contributed by atoms with Crippen LogP contribution in [-0.2, 0) is 10.0 Å². The number of ether oxygens (including phenoxy) is 1. The zero-order chi connectivity index (χ0) is 20.0. The van der Waals surface area contributed by atoms with Crippen LogP contribution in [0.25, 0.3) is 0 Å². The minimum atomic E-state index is -3.49. The number of sulfonamides is 1. The molecule has 0 bridgehead atoms. The summed E-state index contributed by atoms with van der Waals surface area (Å²) in [5, 5.41) is 2.87. The van der Waals surface area contributed by atoms with Gasteiger partial charge in [-0.25, -0.2) is 17.9 Å². The molecule has 2 N–H and O–H groups in total. The van der Waals surface area contributed by atoms with Gasteiger partial charge in [0.25, 0.3) is 0 Å². The summed E-state index contributed by atoms with van der Waals surface area (Å²) in [7, 11) is -1.93. The third kappa shape index (κ3) is 5.02. The Balaban J connectivity index is 1.48. The molecule has 3 rings (SSSR count). The number of piperidine rings is 1. The molecule has 150 valence electrons. The third-order valence-corrected chi connectivity index (χ3v) is 6.31. The predicted octanol–water partition coefficient (Wildman–Crippen LogP) is 2.92. The number of amides is 2. The second kappa shape index (κ2) is 9.07. The van der Waals surface area contributed by atoms with E-state index in [9.17, 15) is 13.2 Å². The van der Waals surface area contributed by atoms with Gasteiger partial charge in [-0.2, -0.15) is 0 Å². The van der Waals surface area contributed by atoms with Crippen molar-refractivity contribution in [2.45, 2.75) is 17.7 Å². The number of carbonyl (C=O) groups is 1. The number of rotatable bonds is 6. The molecule has 1 aliphatic rings. The molecule has 0 radical (unpaired) electrons. The highest BCUT2D eigenvalue weighted by Crippen LogP contribution is 2.24. The molecule has 0 unspecified atom stereocenters. The fourth-order valence-corrected chi connectivity index (χ4v) is 4.33. The molecule has 0 aromatic heterocycles. The first-order valence-electron chi connectivity index (χ1n) is 9.23. The highest BCUT2D eigenvalue weighted by molar-refractivity contribution is 7.89. The summed E-state index contributed by atoms with van der Waals surface area (Å²) in [5.41, 5.74) is 0.632. The monoisotopic (exact) mass is 403 g/mol. The molecule has 2 amide bonds. The molecule has 1 heterocycles. The summed E-state index contributed by atoms with van der Waals surface area (Å²) in [6.07, 6.45) is 1.49. The lowest BCUT2D eigenvalue weighted by molar-refractivity contribution is 0.183. The number of nitrogens with zero attached hydrogens (tertiary/aromatic N) is 1. The van der Waals surface area contributed by atoms with E-state index in [1.807, 2.05) is 12.1 Å². The molecule has 2 aromatic carbocycles. The van der Waals surface area contributed by atoms with Crippen molar-refractivity contribution in [3.05, 3.63) is 54.6 Å². The lowest BCUT2D eigenvalue weighted by atomic mass is 9.97. The molecule has 0 atom stereocenters. The maximum absolute atomic E-state index is 12.5. The molecule has 7 nitrogen and oxygen atoms in total. The first-order chi connectivity index (χ1) is 13.5. The zero-order valence-corrected chi connectivity index (χ0v) is 16.6. The maximum atomic E-state index is 12.5. The number of urea groups is 1. The maximum Gasteiger partial charge on any atom is 0.321 e. The second-order valence-electron chi connectivity index (χ2n) is 6.73. The van der Waals surface area contributed by atoms with E-state index in [1.165, 1.54) is 0 Å². The van der Waals surface area contributed by atoms with Crippen LogP contribution in [0.5, 0.6) is 5.75 Å². The van der Waals surface area contributed by atoms with Gasteiger partial charge in [-0.05, 0) is 43.0 Å². The van der Waals surface area contributed by atoms with Gasteiger partial charge in [0.1, 0.15) is 5.75 Å². The fraction of sp³-hybridized carbons (Fsp3) is 0.350. The number of carbonyl (C=O) groups excluding carboxylic acids is 1. The summed E-state index contributed by atoms with van der Waals surface area (Å²) in [4.78, 5) is 14.5. The average molecular weight is 404 g/mol. The van der Waals surface area contributed by atoms with Crippen LogP contribution >= 0.6 is 0 Å². The number of para-hydroxylation sites is 2. The standard InChI is InChI=1S/C20H25N3O4S/c1-27-19-10-6-5-9-18(19)22-20(24)23-13-11-16(12-14-23)15-21-28(25,26)17-7-3-2-4-8-17/h2-10,16,21H,11-15H2,1H3,(H,22,24). The number of methoxy groups -OCH3 is 1. The van der Waals surface area contributed by atoms with Gasteiger partial charge in [-0.15, -0.1) is 0 Å². The van der Waals surface area contributed by atoms with Crippen LogP contribution in [0.2, 0.25) is 0 Å². The van der Waals surface area contributed by atoms with Crippen molar-refractivity contribution in [3.63, 3.8) is 0 Å². The Labute approximate surface area is 165 Å². The van der Waals surface area contributed by atoms with Crippen LogP contribution in [0.15, 0.2) is 59.5 Å². The van der Waals surface area contributed by atoms with Gasteiger partial charge in [0.15, 0.2) is 0 Å². The summed E-state index contributed by atoms with van der Waals surface area (Å²) in [6, 6.07) is 15.4. The molecular formula is C20H25N3O4S. The third-order valence-electron chi connectivity index (χ3n) is 4.87. The molecule has 2 aromatic rings. The van der Waals surface area contributed by atoms with Crippen molar-refractivity contribution < 1.29 is 17.9 Å². The number of anilines is 1. The van der Waals surface area contributed by atoms with E-state index in [0.29, 0.717) is 31.1 Å². The van der Waals surface area contributed by atoms with Crippen LogP contribution in [0.4, 0.5) is 10.5 Å². The van der Waals surface area contributed by atoms with Crippen LogP contribution in [0.3, 0.4) is 0 Å². The Morgan fingerprint density at radius 1 is 1.07 bits per heavy atom. The number of hydrogen-bond donors (Lipinski definition) is 2. The second-order valence-corrected chi connectivity index (χ2v) is 8.49. The highest BCUT2D eigenvalue weighted by Gasteiger charge is 2.25. The van der Waals surface area contributed by atoms with Crippen molar-refractivity contribution in [2.24, 2.45) is 5.92 Å². The number of benzene rings is 2. The Kier molecular flexibility index (Phi) is 6.53. The van der Waals surface area contributed by atoms with E-state index in [2.05, 4.69) is 10.0 Å². The lowest BCUT2D eigenvalue weighted by Crippen LogP contribution is -2.43. The normalized spacial score (nSPS) is 15.2. The lowest BCUT2D eigenvalue weighted by Gasteiger charge is -2.32. The molecule has 1 aliphatic heterocycles. The van der Waals surface area contributed by atoms with Crippen molar-refractivity contribution >= 4 is 21.7 Å². The van der Waals surface area contributed by atoms with E-state index in [0.717, 1.165) is 12.8 Å². The minimum absolute atomic E-state index is 0.173. The molecule has 1 fully saturated rings. The average Bonchev–Trinajstić information content (AvgIpc) is 2.73. The van der Waals surface area contributed by atoms with E-state index in [1.54, 1.807) is 54.5 Å². The van der Waals surface area contributed by atoms with E-state index < -0.39 is 10.0 Å². The SMILES string of the molecule is COc1ccccc1NC(=O)N1CCC(CNS(=O)(=O)c2ccccc2)CC1. The largest absolute Gasteiger partial charge is 0.495 e. The van der Waals surface area contributed by atoms with Crippen molar-refractivity contribution in [1.82, 2.24) is 9.62 Å². The van der Waals surface area contributed by atoms with Gasteiger partial charge in [-0.1, -0.05) is 30.3 Å². The highest BCUT2D eigenvalue weighted by atomic mass is 32.2. The summed E-state index contributed by atoms with van der Waals surface area (Å²) >= 11 is 0.